The van der Waals surface area contributed by atoms with Crippen LogP contribution in [0.25, 0.3) is 0 Å². The number of hydrogen-bond acceptors (Lipinski definition) is 3. The number of carbonyl (C=O) groups excluding carboxylic acids is 1. The van der Waals surface area contributed by atoms with Gasteiger partial charge in [-0.2, -0.15) is 5.10 Å². The average molecular weight is 333 g/mol. The Morgan fingerprint density at radius 1 is 1.43 bits per heavy atom. The molecule has 1 N–H and O–H groups in total. The van der Waals surface area contributed by atoms with Crippen LogP contribution in [0.2, 0.25) is 5.02 Å². The van der Waals surface area contributed by atoms with Crippen LogP contribution in [-0.4, -0.2) is 35.3 Å². The summed E-state index contributed by atoms with van der Waals surface area (Å²) in [5, 5.41) is 7.80. The highest BCUT2D eigenvalue weighted by Gasteiger charge is 2.24. The fourth-order valence-electron chi connectivity index (χ4n) is 3.07. The maximum absolute atomic E-state index is 12.1. The van der Waals surface area contributed by atoms with Crippen LogP contribution in [0.5, 0.6) is 0 Å². The van der Waals surface area contributed by atoms with Crippen molar-refractivity contribution in [3.8, 4) is 0 Å². The van der Waals surface area contributed by atoms with E-state index in [4.69, 9.17) is 11.6 Å². The van der Waals surface area contributed by atoms with Crippen molar-refractivity contribution in [2.24, 2.45) is 13.0 Å². The first-order chi connectivity index (χ1) is 11.0. The van der Waals surface area contributed by atoms with Gasteiger partial charge < -0.3 is 10.2 Å². The highest BCUT2D eigenvalue weighted by molar-refractivity contribution is 6.30. The minimum Gasteiger partial charge on any atom is -0.371 e. The molecule has 6 heteroatoms. The molecular weight excluding hydrogens is 312 g/mol. The zero-order valence-corrected chi connectivity index (χ0v) is 14.2. The van der Waals surface area contributed by atoms with E-state index in [0.717, 1.165) is 24.5 Å². The largest absolute Gasteiger partial charge is 0.371 e. The minimum atomic E-state index is -0.0672. The maximum Gasteiger partial charge on any atom is 0.269 e. The van der Waals surface area contributed by atoms with Crippen molar-refractivity contribution in [2.45, 2.75) is 13.3 Å². The molecule has 0 spiro atoms. The van der Waals surface area contributed by atoms with Gasteiger partial charge in [-0.3, -0.25) is 9.48 Å². The fraction of sp³-hybridized carbons (Fsp3) is 0.412. The molecule has 1 saturated heterocycles. The Labute approximate surface area is 141 Å². The van der Waals surface area contributed by atoms with Gasteiger partial charge in [-0.25, -0.2) is 0 Å². The second-order valence-electron chi connectivity index (χ2n) is 6.08. The number of nitrogens with zero attached hydrogens (tertiary/aromatic N) is 3. The van der Waals surface area contributed by atoms with Gasteiger partial charge in [0.05, 0.1) is 0 Å². The summed E-state index contributed by atoms with van der Waals surface area (Å²) in [6.07, 6.45) is 2.70. The lowest BCUT2D eigenvalue weighted by molar-refractivity contribution is 0.0939. The molecule has 1 fully saturated rings. The lowest BCUT2D eigenvalue weighted by Gasteiger charge is -2.21. The Morgan fingerprint density at radius 3 is 3.00 bits per heavy atom. The zero-order chi connectivity index (χ0) is 16.4. The molecule has 1 aromatic heterocycles. The Bertz CT molecular complexity index is 712. The van der Waals surface area contributed by atoms with Crippen molar-refractivity contribution in [3.05, 3.63) is 46.7 Å². The number of carbonyl (C=O) groups is 1. The van der Waals surface area contributed by atoms with Gasteiger partial charge in [-0.15, -0.1) is 0 Å². The Hall–Kier alpha value is -2.01. The van der Waals surface area contributed by atoms with Gasteiger partial charge in [0.15, 0.2) is 0 Å². The number of rotatable bonds is 4. The lowest BCUT2D eigenvalue weighted by Crippen LogP contribution is -2.32. The molecule has 0 unspecified atom stereocenters. The molecule has 2 heterocycles. The maximum atomic E-state index is 12.1. The van der Waals surface area contributed by atoms with Crippen molar-refractivity contribution in [3.63, 3.8) is 0 Å². The SMILES string of the molecule is Cc1ccc(Cl)cc1N1CC[C@@H](CNC(=O)c2ccnn2C)C1. The minimum absolute atomic E-state index is 0.0672. The third-order valence-electron chi connectivity index (χ3n) is 4.40. The summed E-state index contributed by atoms with van der Waals surface area (Å²) in [5.41, 5.74) is 3.01. The van der Waals surface area contributed by atoms with Gasteiger partial charge in [0.1, 0.15) is 5.69 Å². The molecule has 2 aromatic rings. The van der Waals surface area contributed by atoms with Crippen LogP contribution in [0.3, 0.4) is 0 Å². The molecular formula is C17H21ClN4O. The highest BCUT2D eigenvalue weighted by atomic mass is 35.5. The van der Waals surface area contributed by atoms with E-state index in [1.54, 1.807) is 24.0 Å². The first kappa shape index (κ1) is 15.9. The molecule has 23 heavy (non-hydrogen) atoms. The number of benzene rings is 1. The topological polar surface area (TPSA) is 50.2 Å². The number of halogens is 1. The van der Waals surface area contributed by atoms with Gasteiger partial charge in [0.2, 0.25) is 0 Å². The standard InChI is InChI=1S/C17H21ClN4O/c1-12-3-4-14(18)9-16(12)22-8-6-13(11-22)10-19-17(23)15-5-7-20-21(15)2/h3-5,7,9,13H,6,8,10-11H2,1-2H3,(H,19,23)/t13-/m0/s1. The third kappa shape index (κ3) is 3.50. The third-order valence-corrected chi connectivity index (χ3v) is 4.64. The molecule has 0 radical (unpaired) electrons. The Kier molecular flexibility index (Phi) is 4.57. The van der Waals surface area contributed by atoms with Crippen molar-refractivity contribution in [1.29, 1.82) is 0 Å². The summed E-state index contributed by atoms with van der Waals surface area (Å²) < 4.78 is 1.59. The molecule has 1 amide bonds. The summed E-state index contributed by atoms with van der Waals surface area (Å²) in [4.78, 5) is 14.5. The molecule has 1 aromatic carbocycles. The first-order valence-corrected chi connectivity index (χ1v) is 8.19. The van der Waals surface area contributed by atoms with Gasteiger partial charge in [0.25, 0.3) is 5.91 Å². The predicted molar refractivity (Wildman–Crippen MR) is 92.1 cm³/mol. The second kappa shape index (κ2) is 6.62. The van der Waals surface area contributed by atoms with E-state index in [0.29, 0.717) is 18.2 Å². The number of amides is 1. The zero-order valence-electron chi connectivity index (χ0n) is 13.4. The van der Waals surface area contributed by atoms with E-state index >= 15 is 0 Å². The molecule has 1 aliphatic rings. The highest BCUT2D eigenvalue weighted by Crippen LogP contribution is 2.29. The molecule has 0 saturated carbocycles. The van der Waals surface area contributed by atoms with E-state index in [1.165, 1.54) is 11.3 Å². The summed E-state index contributed by atoms with van der Waals surface area (Å²) in [6, 6.07) is 7.72. The second-order valence-corrected chi connectivity index (χ2v) is 6.52. The van der Waals surface area contributed by atoms with Gasteiger partial charge in [0, 0.05) is 43.6 Å². The molecule has 0 aliphatic carbocycles. The van der Waals surface area contributed by atoms with Crippen LogP contribution >= 0.6 is 11.6 Å². The van der Waals surface area contributed by atoms with Gasteiger partial charge >= 0.3 is 0 Å². The van der Waals surface area contributed by atoms with E-state index in [2.05, 4.69) is 28.3 Å². The summed E-state index contributed by atoms with van der Waals surface area (Å²) in [6.45, 7) is 4.71. The van der Waals surface area contributed by atoms with E-state index < -0.39 is 0 Å². The van der Waals surface area contributed by atoms with Crippen molar-refractivity contribution in [1.82, 2.24) is 15.1 Å². The quantitative estimate of drug-likeness (QED) is 0.936. The average Bonchev–Trinajstić information content (AvgIpc) is 3.16. The van der Waals surface area contributed by atoms with Crippen LogP contribution in [0, 0.1) is 12.8 Å². The molecule has 5 nitrogen and oxygen atoms in total. The molecule has 122 valence electrons. The fourth-order valence-corrected chi connectivity index (χ4v) is 3.23. The molecule has 3 rings (SSSR count). The van der Waals surface area contributed by atoms with Crippen molar-refractivity contribution >= 4 is 23.2 Å². The first-order valence-electron chi connectivity index (χ1n) is 7.82. The monoisotopic (exact) mass is 332 g/mol. The van der Waals surface area contributed by atoms with Crippen molar-refractivity contribution in [2.75, 3.05) is 24.5 Å². The number of nitrogens with one attached hydrogen (secondary N) is 1. The van der Waals surface area contributed by atoms with Crippen LogP contribution in [0.1, 0.15) is 22.5 Å². The van der Waals surface area contributed by atoms with E-state index in [-0.39, 0.29) is 5.91 Å². The number of aryl methyl sites for hydroxylation is 2. The number of hydrogen-bond donors (Lipinski definition) is 1. The predicted octanol–water partition coefficient (Wildman–Crippen LogP) is 2.64. The van der Waals surface area contributed by atoms with E-state index in [1.807, 2.05) is 12.1 Å². The van der Waals surface area contributed by atoms with Crippen molar-refractivity contribution < 1.29 is 4.79 Å². The van der Waals surface area contributed by atoms with Gasteiger partial charge in [-0.1, -0.05) is 17.7 Å². The molecule has 1 aliphatic heterocycles. The number of aromatic nitrogens is 2. The van der Waals surface area contributed by atoms with Crippen LogP contribution in [0.4, 0.5) is 5.69 Å². The molecule has 1 atom stereocenters. The number of anilines is 1. The lowest BCUT2D eigenvalue weighted by atomic mass is 10.1. The summed E-state index contributed by atoms with van der Waals surface area (Å²) >= 11 is 6.11. The van der Waals surface area contributed by atoms with Crippen LogP contribution in [-0.2, 0) is 7.05 Å². The smallest absolute Gasteiger partial charge is 0.269 e. The van der Waals surface area contributed by atoms with E-state index in [9.17, 15) is 4.79 Å². The summed E-state index contributed by atoms with van der Waals surface area (Å²) in [7, 11) is 1.77. The normalized spacial score (nSPS) is 17.5. The molecule has 0 bridgehead atoms. The van der Waals surface area contributed by atoms with Crippen LogP contribution < -0.4 is 10.2 Å². The van der Waals surface area contributed by atoms with Gasteiger partial charge in [-0.05, 0) is 43.0 Å². The Morgan fingerprint density at radius 2 is 2.26 bits per heavy atom. The Balaban J connectivity index is 1.57. The summed E-state index contributed by atoms with van der Waals surface area (Å²) in [5.74, 6) is 0.382. The van der Waals surface area contributed by atoms with Crippen LogP contribution in [0.15, 0.2) is 30.5 Å².